The Morgan fingerprint density at radius 3 is 0.736 bits per heavy atom. The summed E-state index contributed by atoms with van der Waals surface area (Å²) in [6.07, 6.45) is 0. The number of rotatable bonds is 12. The van der Waals surface area contributed by atoms with Crippen LogP contribution in [0.3, 0.4) is 0 Å². The molecule has 0 amide bonds. The van der Waals surface area contributed by atoms with Gasteiger partial charge < -0.3 is 9.05 Å². The van der Waals surface area contributed by atoms with Gasteiger partial charge in [0.1, 0.15) is 16.4 Å². The van der Waals surface area contributed by atoms with Crippen molar-refractivity contribution in [1.82, 2.24) is 9.72 Å². The van der Waals surface area contributed by atoms with E-state index in [-0.39, 0.29) is 32.5 Å². The first-order valence-electron chi connectivity index (χ1n) is 25.0. The van der Waals surface area contributed by atoms with E-state index in [4.69, 9.17) is 31.7 Å². The van der Waals surface area contributed by atoms with Gasteiger partial charge in [-0.1, -0.05) is 197 Å². The summed E-state index contributed by atoms with van der Waals surface area (Å²) < 4.78 is 49.7. The average Bonchev–Trinajstić information content (AvgIpc) is 3.25. The van der Waals surface area contributed by atoms with Crippen LogP contribution in [0.15, 0.2) is 150 Å². The molecule has 0 aliphatic carbocycles. The normalized spacial score (nSPS) is 16.0. The molecular weight excluding hydrogens is 952 g/mol. The molecule has 384 valence electrons. The van der Waals surface area contributed by atoms with Gasteiger partial charge in [-0.05, 0) is 139 Å². The molecule has 0 unspecified atom stereocenters. The number of hydrogen-bond acceptors (Lipinski definition) is 9. The minimum atomic E-state index is -3.97. The SMILES string of the molecule is CC(C)(C)c1ccc(OP2(Oc3ccc(C(C)(C)C)cc3)=N[P+](Oc3ccc(C(C)(C)C)cc3)(Oc3ccc(C(C)(C)C)cc3)N[P+](Oc3ccc(C(C)(C)C)cc3)(Oc3ccc(C(C)(C)C)cc3)N2)cc1. The van der Waals surface area contributed by atoms with Crippen LogP contribution in [0.4, 0.5) is 0 Å². The average molecular weight is 1030 g/mol. The van der Waals surface area contributed by atoms with Crippen LogP contribution in [-0.4, -0.2) is 0 Å². The minimum absolute atomic E-state index is 0.0994. The van der Waals surface area contributed by atoms with Crippen molar-refractivity contribution in [3.8, 4) is 34.5 Å². The second-order valence-corrected chi connectivity index (χ2v) is 31.7. The Labute approximate surface area is 433 Å². The minimum Gasteiger partial charge on any atom is -0.415 e. The number of hydrogen-bond donors (Lipinski definition) is 2. The summed E-state index contributed by atoms with van der Waals surface area (Å²) in [5.74, 6) is 3.15. The third-order valence-electron chi connectivity index (χ3n) is 12.5. The largest absolute Gasteiger partial charge is 0.617 e. The molecule has 0 aromatic heterocycles. The molecule has 72 heavy (non-hydrogen) atoms. The van der Waals surface area contributed by atoms with E-state index in [1.807, 2.05) is 72.8 Å². The molecule has 12 heteroatoms. The molecule has 9 nitrogen and oxygen atoms in total. The lowest BCUT2D eigenvalue weighted by Crippen LogP contribution is -2.41. The first kappa shape index (κ1) is 54.9. The van der Waals surface area contributed by atoms with Gasteiger partial charge >= 0.3 is 23.7 Å². The highest BCUT2D eigenvalue weighted by molar-refractivity contribution is 7.89. The summed E-state index contributed by atoms with van der Waals surface area (Å²) in [5, 5.41) is 0. The molecule has 0 atom stereocenters. The summed E-state index contributed by atoms with van der Waals surface area (Å²) in [5.41, 5.74) is 6.28. The van der Waals surface area contributed by atoms with Crippen molar-refractivity contribution in [1.29, 1.82) is 0 Å². The van der Waals surface area contributed by atoms with Crippen LogP contribution in [0.5, 0.6) is 34.5 Å². The zero-order chi connectivity index (χ0) is 52.8. The highest BCUT2D eigenvalue weighted by atomic mass is 31.3. The zero-order valence-corrected chi connectivity index (χ0v) is 48.8. The van der Waals surface area contributed by atoms with Crippen molar-refractivity contribution in [2.24, 2.45) is 4.52 Å². The molecule has 0 bridgehead atoms. The first-order chi connectivity index (χ1) is 33.2. The van der Waals surface area contributed by atoms with Crippen LogP contribution in [0.25, 0.3) is 0 Å². The fraction of sp³-hybridized carbons (Fsp3) is 0.400. The summed E-state index contributed by atoms with van der Waals surface area (Å²) in [6.45, 7) is 39.5. The maximum absolute atomic E-state index is 7.37. The van der Waals surface area contributed by atoms with Crippen molar-refractivity contribution in [2.45, 2.75) is 157 Å². The van der Waals surface area contributed by atoms with Crippen LogP contribution in [-0.2, 0) is 32.5 Å². The van der Waals surface area contributed by atoms with E-state index in [1.165, 1.54) is 0 Å². The van der Waals surface area contributed by atoms with Crippen LogP contribution < -0.4 is 36.9 Å². The van der Waals surface area contributed by atoms with Gasteiger partial charge in [-0.25, -0.2) is 0 Å². The fourth-order valence-electron chi connectivity index (χ4n) is 7.81. The highest BCUT2D eigenvalue weighted by Gasteiger charge is 2.75. The van der Waals surface area contributed by atoms with Crippen LogP contribution in [0, 0.1) is 0 Å². The highest BCUT2D eigenvalue weighted by Crippen LogP contribution is 2.80. The Morgan fingerprint density at radius 2 is 0.514 bits per heavy atom. The Hall–Kier alpha value is -4.87. The monoisotopic (exact) mass is 1030 g/mol. The Bertz CT molecular complexity index is 2640. The van der Waals surface area contributed by atoms with Gasteiger partial charge in [0.25, 0.3) is 0 Å². The fourth-order valence-corrected chi connectivity index (χ4v) is 17.8. The molecule has 0 saturated heterocycles. The number of nitrogens with zero attached hydrogens (tertiary/aromatic N) is 1. The molecule has 6 aromatic rings. The van der Waals surface area contributed by atoms with Gasteiger partial charge in [0, 0.05) is 4.86 Å². The van der Waals surface area contributed by atoms with Gasteiger partial charge in [-0.3, -0.25) is 18.1 Å². The summed E-state index contributed by atoms with van der Waals surface area (Å²) >= 11 is 0. The van der Waals surface area contributed by atoms with E-state index < -0.39 is 23.7 Å². The van der Waals surface area contributed by atoms with Gasteiger partial charge in [-0.15, -0.1) is 0 Å². The Morgan fingerprint density at radius 1 is 0.306 bits per heavy atom. The molecule has 0 fully saturated rings. The quantitative estimate of drug-likeness (QED) is 0.117. The van der Waals surface area contributed by atoms with Crippen LogP contribution >= 0.6 is 23.7 Å². The van der Waals surface area contributed by atoms with Crippen molar-refractivity contribution in [3.05, 3.63) is 179 Å². The molecule has 1 aliphatic rings. The van der Waals surface area contributed by atoms with Gasteiger partial charge in [0.15, 0.2) is 23.0 Å². The molecular formula is C60H80N3O6P3+2. The van der Waals surface area contributed by atoms with E-state index in [1.54, 1.807) is 0 Å². The van der Waals surface area contributed by atoms with Crippen molar-refractivity contribution in [3.63, 3.8) is 0 Å². The molecule has 0 radical (unpaired) electrons. The predicted molar refractivity (Wildman–Crippen MR) is 304 cm³/mol. The molecule has 7 rings (SSSR count). The van der Waals surface area contributed by atoms with Crippen molar-refractivity contribution in [2.75, 3.05) is 0 Å². The third-order valence-corrected chi connectivity index (χ3v) is 21.2. The summed E-state index contributed by atoms with van der Waals surface area (Å²) in [4.78, 5) is 7.52. The molecule has 6 aromatic carbocycles. The lowest BCUT2D eigenvalue weighted by molar-refractivity contribution is 0.403. The van der Waals surface area contributed by atoms with Crippen molar-refractivity contribution >= 4 is 23.7 Å². The molecule has 2 N–H and O–H groups in total. The second kappa shape index (κ2) is 20.1. The Kier molecular flexibility index (Phi) is 15.3. The van der Waals surface area contributed by atoms with Gasteiger partial charge in [0.05, 0.1) is 4.52 Å². The Balaban J connectivity index is 1.54. The lowest BCUT2D eigenvalue weighted by atomic mass is 9.87. The second-order valence-electron chi connectivity index (χ2n) is 25.1. The third kappa shape index (κ3) is 13.8. The van der Waals surface area contributed by atoms with Gasteiger partial charge in [0.2, 0.25) is 0 Å². The van der Waals surface area contributed by atoms with E-state index in [0.717, 1.165) is 33.4 Å². The summed E-state index contributed by atoms with van der Waals surface area (Å²) in [7, 11) is -11.8. The van der Waals surface area contributed by atoms with Crippen LogP contribution in [0.2, 0.25) is 0 Å². The van der Waals surface area contributed by atoms with E-state index in [2.05, 4.69) is 207 Å². The smallest absolute Gasteiger partial charge is 0.415 e. The number of benzene rings is 6. The van der Waals surface area contributed by atoms with Crippen LogP contribution in [0.1, 0.15) is 158 Å². The molecule has 1 heterocycles. The summed E-state index contributed by atoms with van der Waals surface area (Å²) in [6, 6.07) is 48.6. The first-order valence-corrected chi connectivity index (χ1v) is 29.8. The zero-order valence-electron chi connectivity index (χ0n) is 46.1. The standard InChI is InChI=1S/C60H80N3O6P3/c1-55(2,3)43-19-31-49(32-20-43)64-70(65-50-33-21-44(22-34-50)56(4,5)6)61-71(66-51-35-23-45(24-36-51)57(7,8)9,67-52-37-25-46(26-38-52)58(10,11)12)63-72(62-70,68-53-39-27-47(28-40-53)59(13,14)15)69-54-41-29-48(30-42-54)60(16,17)18/h19-42,61-62H,1-18H3/q+2. The van der Waals surface area contributed by atoms with Crippen molar-refractivity contribution < 1.29 is 27.1 Å². The van der Waals surface area contributed by atoms with E-state index in [0.29, 0.717) is 34.5 Å². The van der Waals surface area contributed by atoms with E-state index >= 15 is 0 Å². The molecule has 0 saturated carbocycles. The maximum Gasteiger partial charge on any atom is 0.617 e. The maximum atomic E-state index is 7.37. The predicted octanol–water partition coefficient (Wildman–Crippen LogP) is 18.7. The van der Waals surface area contributed by atoms with Gasteiger partial charge in [-0.2, -0.15) is 0 Å². The molecule has 0 spiro atoms. The topological polar surface area (TPSA) is 91.8 Å². The lowest BCUT2D eigenvalue weighted by Gasteiger charge is -2.34. The number of nitrogens with one attached hydrogen (secondary N) is 2. The molecule has 1 aliphatic heterocycles. The van der Waals surface area contributed by atoms with E-state index in [9.17, 15) is 0 Å².